The molecule has 1 atom stereocenters. The topological polar surface area (TPSA) is 27.7 Å². The van der Waals surface area contributed by atoms with Crippen molar-refractivity contribution in [1.29, 1.82) is 0 Å². The van der Waals surface area contributed by atoms with Gasteiger partial charge in [0.2, 0.25) is 0 Å². The van der Waals surface area contributed by atoms with E-state index < -0.39 is 4.87 Å². The van der Waals surface area contributed by atoms with Gasteiger partial charge >= 0.3 is 0 Å². The van der Waals surface area contributed by atoms with Gasteiger partial charge in [0.25, 0.3) is 0 Å². The van der Waals surface area contributed by atoms with Crippen LogP contribution in [0.1, 0.15) is 31.7 Å². The second kappa shape index (κ2) is 8.84. The average molecular weight is 349 g/mol. The Morgan fingerprint density at radius 3 is 2.08 bits per heavy atom. The van der Waals surface area contributed by atoms with Crippen molar-refractivity contribution in [2.24, 2.45) is 0 Å². The Morgan fingerprint density at radius 1 is 0.875 bits per heavy atom. The number of alkyl halides is 1. The van der Waals surface area contributed by atoms with E-state index in [1.165, 1.54) is 0 Å². The van der Waals surface area contributed by atoms with Crippen molar-refractivity contribution in [2.75, 3.05) is 20.8 Å². The largest absolute Gasteiger partial charge is 0.497 e. The van der Waals surface area contributed by atoms with E-state index in [1.807, 2.05) is 55.5 Å². The van der Waals surface area contributed by atoms with Gasteiger partial charge in [0.15, 0.2) is 0 Å². The number of benzene rings is 2. The molecule has 0 bridgehead atoms. The van der Waals surface area contributed by atoms with E-state index >= 15 is 0 Å². The Hall–Kier alpha value is -1.87. The lowest BCUT2D eigenvalue weighted by Gasteiger charge is -2.24. The van der Waals surface area contributed by atoms with Crippen LogP contribution in [0.25, 0.3) is 0 Å². The van der Waals surface area contributed by atoms with E-state index in [0.29, 0.717) is 6.61 Å². The van der Waals surface area contributed by atoms with Crippen LogP contribution in [0.2, 0.25) is 0 Å². The molecule has 0 heterocycles. The highest BCUT2D eigenvalue weighted by Gasteiger charge is 2.24. The van der Waals surface area contributed by atoms with Crippen LogP contribution in [0.4, 0.5) is 0 Å². The first-order valence-electron chi connectivity index (χ1n) is 8.15. The van der Waals surface area contributed by atoms with Crippen LogP contribution in [0.5, 0.6) is 17.2 Å². The predicted octanol–water partition coefficient (Wildman–Crippen LogP) is 5.41. The molecule has 2 aromatic rings. The van der Waals surface area contributed by atoms with Crippen LogP contribution < -0.4 is 14.2 Å². The van der Waals surface area contributed by atoms with Crippen molar-refractivity contribution in [2.45, 2.75) is 31.1 Å². The number of rotatable bonds is 9. The molecule has 0 fully saturated rings. The summed E-state index contributed by atoms with van der Waals surface area (Å²) < 4.78 is 16.4. The Labute approximate surface area is 149 Å². The first kappa shape index (κ1) is 18.5. The summed E-state index contributed by atoms with van der Waals surface area (Å²) in [6, 6.07) is 15.6. The highest BCUT2D eigenvalue weighted by molar-refractivity contribution is 6.23. The Bertz CT molecular complexity index is 604. The summed E-state index contributed by atoms with van der Waals surface area (Å²) in [5.74, 6) is 2.41. The van der Waals surface area contributed by atoms with Crippen molar-refractivity contribution in [3.63, 3.8) is 0 Å². The lowest BCUT2D eigenvalue weighted by molar-refractivity contribution is 0.302. The zero-order valence-corrected chi connectivity index (χ0v) is 15.3. The van der Waals surface area contributed by atoms with Gasteiger partial charge in [-0.3, -0.25) is 0 Å². The zero-order valence-electron chi connectivity index (χ0n) is 14.5. The number of methoxy groups -OCH3 is 2. The second-order valence-corrected chi connectivity index (χ2v) is 6.75. The van der Waals surface area contributed by atoms with Crippen molar-refractivity contribution >= 4 is 11.6 Å². The van der Waals surface area contributed by atoms with Gasteiger partial charge in [-0.1, -0.05) is 18.2 Å². The molecule has 24 heavy (non-hydrogen) atoms. The Balaban J connectivity index is 1.86. The highest BCUT2D eigenvalue weighted by atomic mass is 35.5. The predicted molar refractivity (Wildman–Crippen MR) is 98.5 cm³/mol. The molecular weight excluding hydrogens is 324 g/mol. The Kier molecular flexibility index (Phi) is 6.80. The van der Waals surface area contributed by atoms with Gasteiger partial charge in [-0.2, -0.15) is 0 Å². The zero-order chi connectivity index (χ0) is 17.4. The Morgan fingerprint density at radius 2 is 1.50 bits per heavy atom. The number of unbranched alkanes of at least 4 members (excludes halogenated alkanes) is 1. The first-order chi connectivity index (χ1) is 11.5. The molecule has 4 heteroatoms. The number of ether oxygens (including phenoxy) is 3. The van der Waals surface area contributed by atoms with Crippen LogP contribution in [0, 0.1) is 0 Å². The third-order valence-electron chi connectivity index (χ3n) is 4.01. The number of halogens is 1. The molecule has 0 saturated heterocycles. The quantitative estimate of drug-likeness (QED) is 0.448. The lowest BCUT2D eigenvalue weighted by Crippen LogP contribution is -2.14. The molecule has 0 amide bonds. The highest BCUT2D eigenvalue weighted by Crippen LogP contribution is 2.38. The monoisotopic (exact) mass is 348 g/mol. The summed E-state index contributed by atoms with van der Waals surface area (Å²) in [6.45, 7) is 2.72. The fourth-order valence-corrected chi connectivity index (χ4v) is 2.76. The molecule has 0 aliphatic rings. The maximum Gasteiger partial charge on any atom is 0.122 e. The van der Waals surface area contributed by atoms with Crippen LogP contribution in [0.15, 0.2) is 48.5 Å². The van der Waals surface area contributed by atoms with E-state index in [4.69, 9.17) is 25.8 Å². The van der Waals surface area contributed by atoms with E-state index in [9.17, 15) is 0 Å². The van der Waals surface area contributed by atoms with Gasteiger partial charge in [-0.05, 0) is 56.0 Å². The first-order valence-corrected chi connectivity index (χ1v) is 8.53. The summed E-state index contributed by atoms with van der Waals surface area (Å²) in [5, 5.41) is 0. The minimum absolute atomic E-state index is 0.464. The van der Waals surface area contributed by atoms with Gasteiger partial charge in [-0.15, -0.1) is 11.6 Å². The molecule has 2 aromatic carbocycles. The number of para-hydroxylation sites is 1. The maximum absolute atomic E-state index is 6.76. The maximum atomic E-state index is 6.76. The van der Waals surface area contributed by atoms with Crippen molar-refractivity contribution in [3.05, 3.63) is 54.1 Å². The standard InChI is InChI=1S/C20H25ClO3/c1-20(21,16-13-18(22-2)15-19(14-16)23-3)11-7-8-12-24-17-9-5-4-6-10-17/h4-6,9-10,13-15H,7-8,11-12H2,1-3H3. The van der Waals surface area contributed by atoms with Crippen LogP contribution in [-0.2, 0) is 4.87 Å². The van der Waals surface area contributed by atoms with Crippen LogP contribution >= 0.6 is 11.6 Å². The normalized spacial score (nSPS) is 13.2. The molecule has 1 unspecified atom stereocenters. The minimum atomic E-state index is -0.464. The molecule has 0 aliphatic carbocycles. The molecule has 0 radical (unpaired) electrons. The molecule has 0 aromatic heterocycles. The molecule has 0 saturated carbocycles. The molecular formula is C20H25ClO3. The van der Waals surface area contributed by atoms with Crippen molar-refractivity contribution in [1.82, 2.24) is 0 Å². The summed E-state index contributed by atoms with van der Waals surface area (Å²) >= 11 is 6.76. The third-order valence-corrected chi connectivity index (χ3v) is 4.41. The van der Waals surface area contributed by atoms with Crippen molar-refractivity contribution < 1.29 is 14.2 Å². The molecule has 130 valence electrons. The lowest BCUT2D eigenvalue weighted by atomic mass is 9.94. The smallest absolute Gasteiger partial charge is 0.122 e. The van der Waals surface area contributed by atoms with Gasteiger partial charge in [0, 0.05) is 6.07 Å². The molecule has 3 nitrogen and oxygen atoms in total. The molecule has 0 aliphatic heterocycles. The fraction of sp³-hybridized carbons (Fsp3) is 0.400. The summed E-state index contributed by atoms with van der Waals surface area (Å²) in [6.07, 6.45) is 2.79. The van der Waals surface area contributed by atoms with Gasteiger partial charge in [-0.25, -0.2) is 0 Å². The van der Waals surface area contributed by atoms with Crippen LogP contribution in [0.3, 0.4) is 0 Å². The summed E-state index contributed by atoms with van der Waals surface area (Å²) in [4.78, 5) is -0.464. The minimum Gasteiger partial charge on any atom is -0.497 e. The van der Waals surface area contributed by atoms with Gasteiger partial charge in [0.1, 0.15) is 17.2 Å². The molecule has 2 rings (SSSR count). The van der Waals surface area contributed by atoms with E-state index in [-0.39, 0.29) is 0 Å². The van der Waals surface area contributed by atoms with Crippen molar-refractivity contribution in [3.8, 4) is 17.2 Å². The third kappa shape index (κ3) is 5.34. The SMILES string of the molecule is COc1cc(OC)cc(C(C)(Cl)CCCCOc2ccccc2)c1. The molecule has 0 spiro atoms. The fourth-order valence-electron chi connectivity index (χ4n) is 2.52. The second-order valence-electron chi connectivity index (χ2n) is 5.92. The number of hydrogen-bond donors (Lipinski definition) is 0. The number of hydrogen-bond acceptors (Lipinski definition) is 3. The summed E-state index contributed by atoms with van der Waals surface area (Å²) in [5.41, 5.74) is 1.00. The van der Waals surface area contributed by atoms with E-state index in [2.05, 4.69) is 0 Å². The average Bonchev–Trinajstić information content (AvgIpc) is 2.61. The van der Waals surface area contributed by atoms with Gasteiger partial charge < -0.3 is 14.2 Å². The van der Waals surface area contributed by atoms with Crippen LogP contribution in [-0.4, -0.2) is 20.8 Å². The summed E-state index contributed by atoms with van der Waals surface area (Å²) in [7, 11) is 3.29. The van der Waals surface area contributed by atoms with E-state index in [0.717, 1.165) is 42.1 Å². The molecule has 0 N–H and O–H groups in total. The van der Waals surface area contributed by atoms with E-state index in [1.54, 1.807) is 14.2 Å². The van der Waals surface area contributed by atoms with Gasteiger partial charge in [0.05, 0.1) is 25.7 Å².